The molecule has 3 amide bonds. The van der Waals surface area contributed by atoms with Gasteiger partial charge in [0.25, 0.3) is 5.91 Å². The summed E-state index contributed by atoms with van der Waals surface area (Å²) in [7, 11) is 6.93. The van der Waals surface area contributed by atoms with Crippen molar-refractivity contribution in [3.63, 3.8) is 0 Å². The number of amides is 3. The molecule has 18 nitrogen and oxygen atoms in total. The monoisotopic (exact) mass is 799 g/mol. The van der Waals surface area contributed by atoms with Crippen LogP contribution in [0.3, 0.4) is 0 Å². The summed E-state index contributed by atoms with van der Waals surface area (Å²) in [5, 5.41) is 34.6. The van der Waals surface area contributed by atoms with Gasteiger partial charge in [-0.3, -0.25) is 34.2 Å². The number of carbonyl (C=O) groups excluding carboxylic acids is 5. The lowest BCUT2D eigenvalue weighted by Crippen LogP contribution is -2.72. The molecule has 0 saturated carbocycles. The van der Waals surface area contributed by atoms with E-state index < -0.39 is 76.0 Å². The summed E-state index contributed by atoms with van der Waals surface area (Å²) in [5.41, 5.74) is -1.91. The van der Waals surface area contributed by atoms with E-state index in [0.717, 1.165) is 13.8 Å². The molecule has 6 rings (SSSR count). The molecule has 18 heteroatoms. The molecule has 0 radical (unpaired) electrons. The Labute approximate surface area is 330 Å². The van der Waals surface area contributed by atoms with Crippen LogP contribution in [0.4, 0.5) is 11.4 Å². The van der Waals surface area contributed by atoms with Crippen LogP contribution in [0.1, 0.15) is 59.1 Å². The van der Waals surface area contributed by atoms with Crippen LogP contribution in [-0.2, 0) is 59.9 Å². The second kappa shape index (κ2) is 15.1. The fourth-order valence-corrected chi connectivity index (χ4v) is 8.96. The highest BCUT2D eigenvalue weighted by atomic mass is 16.8. The van der Waals surface area contributed by atoms with Gasteiger partial charge in [0, 0.05) is 57.6 Å². The molecule has 4 atom stereocenters. The van der Waals surface area contributed by atoms with Gasteiger partial charge in [0.05, 0.1) is 50.3 Å². The lowest BCUT2D eigenvalue weighted by molar-refractivity contribution is -0.282. The van der Waals surface area contributed by atoms with Gasteiger partial charge in [0.1, 0.15) is 17.1 Å². The van der Waals surface area contributed by atoms with Crippen LogP contribution in [0.15, 0.2) is 28.7 Å². The van der Waals surface area contributed by atoms with E-state index in [1.54, 1.807) is 25.1 Å². The Morgan fingerprint density at radius 2 is 1.53 bits per heavy atom. The average molecular weight is 800 g/mol. The Bertz CT molecular complexity index is 1940. The average Bonchev–Trinajstić information content (AvgIpc) is 3.77. The molecule has 0 bridgehead atoms. The number of nitrogens with zero attached hydrogens (tertiary/aromatic N) is 2. The molecule has 312 valence electrons. The molecule has 2 spiro atoms. The Balaban J connectivity index is 1.67. The number of rotatable bonds is 8. The van der Waals surface area contributed by atoms with Gasteiger partial charge >= 0.3 is 11.9 Å². The van der Waals surface area contributed by atoms with Crippen LogP contribution < -0.4 is 25.6 Å². The first-order chi connectivity index (χ1) is 26.6. The van der Waals surface area contributed by atoms with Crippen molar-refractivity contribution in [3.05, 3.63) is 39.9 Å². The largest absolute Gasteiger partial charge is 0.509 e. The quantitative estimate of drug-likeness (QED) is 0.184. The van der Waals surface area contributed by atoms with Crippen molar-refractivity contribution in [2.45, 2.75) is 83.1 Å². The third kappa shape index (κ3) is 7.00. The SMILES string of the molecule is CC(=O)NC(=O)C1=C(OC(C)=O)[C@@H](N(C)C)[C@@H]2C[C@@H]3Cc4c(N(C)C)cc(NC(=O)CNC(C)(C)C)c(OC(C)=O)c4C4(OCCO4)C3=C(O)[C@]2(O)C12OCCO2. The maximum absolute atomic E-state index is 14.1. The van der Waals surface area contributed by atoms with Crippen LogP contribution in [-0.4, -0.2) is 129 Å². The van der Waals surface area contributed by atoms with Crippen LogP contribution in [0.2, 0.25) is 0 Å². The summed E-state index contributed by atoms with van der Waals surface area (Å²) in [6.07, 6.45) is 0.233. The van der Waals surface area contributed by atoms with Crippen molar-refractivity contribution in [1.29, 1.82) is 0 Å². The third-order valence-corrected chi connectivity index (χ3v) is 10.8. The number of nitrogens with one attached hydrogen (secondary N) is 3. The van der Waals surface area contributed by atoms with Gasteiger partial charge in [0.2, 0.25) is 23.4 Å². The van der Waals surface area contributed by atoms with Crippen molar-refractivity contribution < 1.29 is 62.6 Å². The number of anilines is 2. The number of carbonyl (C=O) groups is 5. The van der Waals surface area contributed by atoms with Crippen LogP contribution >= 0.6 is 0 Å². The first-order valence-electron chi connectivity index (χ1n) is 18.8. The van der Waals surface area contributed by atoms with E-state index in [2.05, 4.69) is 16.0 Å². The molecule has 2 heterocycles. The summed E-state index contributed by atoms with van der Waals surface area (Å²) in [5.74, 6) is -11.1. The molecular weight excluding hydrogens is 746 g/mol. The van der Waals surface area contributed by atoms with Crippen LogP contribution in [0, 0.1) is 11.8 Å². The molecule has 1 aromatic rings. The minimum absolute atomic E-state index is 0.00886. The molecule has 1 aromatic carbocycles. The van der Waals surface area contributed by atoms with E-state index in [4.69, 9.17) is 28.4 Å². The first kappa shape index (κ1) is 42.2. The smallest absolute Gasteiger partial charge is 0.308 e. The standard InChI is InChI=1S/C39H53N5O13/c1-19(45)41-35(50)30-33(57-21(3)47)31(44(9)10)24-16-22-15-23-26(43(7)8)17-25(42-27(48)18-40-36(4,5)6)32(56-20(2)46)29(23)38(52-11-12-53-38)28(22)34(49)37(24,51)39(30)54-13-14-55-39/h17,22,24,31,40,49,51H,11-16,18H2,1-10H3,(H,42,48)(H,41,45,50)/t22-,24-,31-,37-/m0/s1. The zero-order valence-electron chi connectivity index (χ0n) is 34.0. The molecule has 3 aliphatic carbocycles. The van der Waals surface area contributed by atoms with Gasteiger partial charge in [-0.2, -0.15) is 0 Å². The molecule has 0 unspecified atom stereocenters. The van der Waals surface area contributed by atoms with Crippen molar-refractivity contribution in [1.82, 2.24) is 15.5 Å². The van der Waals surface area contributed by atoms with Gasteiger partial charge in [0.15, 0.2) is 11.4 Å². The predicted octanol–water partition coefficient (Wildman–Crippen LogP) is 1.11. The predicted molar refractivity (Wildman–Crippen MR) is 202 cm³/mol. The van der Waals surface area contributed by atoms with Crippen molar-refractivity contribution in [3.8, 4) is 5.75 Å². The molecule has 2 fully saturated rings. The topological polar surface area (TPSA) is 224 Å². The van der Waals surface area contributed by atoms with Crippen molar-refractivity contribution in [2.75, 3.05) is 71.4 Å². The lowest BCUT2D eigenvalue weighted by Gasteiger charge is -2.59. The fraction of sp³-hybridized carbons (Fsp3) is 0.615. The third-order valence-electron chi connectivity index (χ3n) is 10.8. The van der Waals surface area contributed by atoms with Gasteiger partial charge in [-0.25, -0.2) is 0 Å². The number of aliphatic hydroxyl groups excluding tert-OH is 1. The second-order valence-electron chi connectivity index (χ2n) is 16.4. The zero-order valence-corrected chi connectivity index (χ0v) is 34.0. The summed E-state index contributed by atoms with van der Waals surface area (Å²) in [6, 6.07) is 0.628. The van der Waals surface area contributed by atoms with E-state index in [0.29, 0.717) is 11.3 Å². The van der Waals surface area contributed by atoms with E-state index in [1.165, 1.54) is 6.92 Å². The van der Waals surface area contributed by atoms with Crippen molar-refractivity contribution >= 4 is 41.0 Å². The van der Waals surface area contributed by atoms with E-state index in [-0.39, 0.29) is 79.7 Å². The number of hydrogen-bond donors (Lipinski definition) is 5. The summed E-state index contributed by atoms with van der Waals surface area (Å²) < 4.78 is 37.1. The Morgan fingerprint density at radius 3 is 2.05 bits per heavy atom. The highest BCUT2D eigenvalue weighted by Crippen LogP contribution is 2.65. The number of benzene rings is 1. The summed E-state index contributed by atoms with van der Waals surface area (Å²) in [4.78, 5) is 68.9. The normalized spacial score (nSPS) is 25.9. The van der Waals surface area contributed by atoms with E-state index in [1.807, 2.05) is 39.8 Å². The summed E-state index contributed by atoms with van der Waals surface area (Å²) >= 11 is 0. The molecule has 0 aromatic heterocycles. The number of ether oxygens (including phenoxy) is 6. The minimum atomic E-state index is -2.62. The Morgan fingerprint density at radius 1 is 0.930 bits per heavy atom. The van der Waals surface area contributed by atoms with E-state index >= 15 is 0 Å². The first-order valence-corrected chi connectivity index (χ1v) is 18.8. The number of likely N-dealkylation sites (N-methyl/N-ethyl adjacent to an activating group) is 1. The molecular formula is C39H53N5O13. The zero-order chi connectivity index (χ0) is 42.0. The van der Waals surface area contributed by atoms with Gasteiger partial charge in [-0.1, -0.05) is 0 Å². The maximum atomic E-state index is 14.1. The minimum Gasteiger partial charge on any atom is -0.509 e. The molecule has 5 aliphatic rings. The Kier molecular flexibility index (Phi) is 11.1. The number of fused-ring (bicyclic) bond motifs is 6. The number of aliphatic hydroxyl groups is 2. The van der Waals surface area contributed by atoms with Crippen molar-refractivity contribution in [2.24, 2.45) is 11.8 Å². The maximum Gasteiger partial charge on any atom is 0.308 e. The van der Waals surface area contributed by atoms with Gasteiger partial charge in [-0.15, -0.1) is 0 Å². The number of imide groups is 1. The van der Waals surface area contributed by atoms with Crippen LogP contribution in [0.25, 0.3) is 0 Å². The lowest BCUT2D eigenvalue weighted by atomic mass is 9.55. The Hall–Kier alpha value is -4.43. The molecule has 5 N–H and O–H groups in total. The molecule has 2 aliphatic heterocycles. The van der Waals surface area contributed by atoms with Gasteiger partial charge < -0.3 is 54.2 Å². The highest BCUT2D eigenvalue weighted by Gasteiger charge is 2.75. The fourth-order valence-electron chi connectivity index (χ4n) is 8.96. The number of esters is 2. The highest BCUT2D eigenvalue weighted by molar-refractivity contribution is 6.06. The summed E-state index contributed by atoms with van der Waals surface area (Å²) in [6.45, 7) is 8.84. The number of hydrogen-bond acceptors (Lipinski definition) is 16. The van der Waals surface area contributed by atoms with Gasteiger partial charge in [-0.05, 0) is 65.3 Å². The molecule has 2 saturated heterocycles. The van der Waals surface area contributed by atoms with E-state index in [9.17, 15) is 34.2 Å². The van der Waals surface area contributed by atoms with Crippen LogP contribution in [0.5, 0.6) is 5.75 Å². The molecule has 57 heavy (non-hydrogen) atoms. The second-order valence-corrected chi connectivity index (χ2v) is 16.4.